The Morgan fingerprint density at radius 3 is 2.74 bits per heavy atom. The standard InChI is InChI=1S/C15H26N2OS/c1-15(2,3)14-17-12(11-19-14)10-16-8-9-18-13-6-4-5-7-13/h11,13,16H,4-10H2,1-3H3. The number of nitrogens with one attached hydrogen (secondary N) is 1. The van der Waals surface area contributed by atoms with Crippen LogP contribution in [0.15, 0.2) is 5.38 Å². The maximum atomic E-state index is 5.82. The number of ether oxygens (including phenoxy) is 1. The molecule has 0 amide bonds. The molecule has 2 rings (SSSR count). The van der Waals surface area contributed by atoms with Crippen LogP contribution < -0.4 is 5.32 Å². The Hall–Kier alpha value is -0.450. The minimum absolute atomic E-state index is 0.161. The van der Waals surface area contributed by atoms with Gasteiger partial charge in [0.15, 0.2) is 0 Å². The van der Waals surface area contributed by atoms with Crippen LogP contribution in [-0.4, -0.2) is 24.2 Å². The van der Waals surface area contributed by atoms with Gasteiger partial charge >= 0.3 is 0 Å². The van der Waals surface area contributed by atoms with E-state index in [1.165, 1.54) is 30.7 Å². The van der Waals surface area contributed by atoms with Crippen LogP contribution in [0.25, 0.3) is 0 Å². The first-order chi connectivity index (χ1) is 9.05. The van der Waals surface area contributed by atoms with Crippen LogP contribution in [0.2, 0.25) is 0 Å². The highest BCUT2D eigenvalue weighted by molar-refractivity contribution is 7.09. The molecule has 1 fully saturated rings. The predicted molar refractivity (Wildman–Crippen MR) is 80.7 cm³/mol. The van der Waals surface area contributed by atoms with Gasteiger partial charge in [0.05, 0.1) is 23.4 Å². The average Bonchev–Trinajstić information content (AvgIpc) is 2.97. The Morgan fingerprint density at radius 1 is 1.37 bits per heavy atom. The van der Waals surface area contributed by atoms with E-state index in [4.69, 9.17) is 4.74 Å². The molecule has 0 radical (unpaired) electrons. The molecule has 0 aromatic carbocycles. The maximum absolute atomic E-state index is 5.82. The Bertz CT molecular complexity index is 378. The van der Waals surface area contributed by atoms with E-state index >= 15 is 0 Å². The van der Waals surface area contributed by atoms with Gasteiger partial charge in [-0.2, -0.15) is 0 Å². The number of hydrogen-bond acceptors (Lipinski definition) is 4. The molecule has 0 saturated heterocycles. The van der Waals surface area contributed by atoms with E-state index < -0.39 is 0 Å². The highest BCUT2D eigenvalue weighted by Crippen LogP contribution is 2.25. The van der Waals surface area contributed by atoms with Crippen LogP contribution in [0.3, 0.4) is 0 Å². The Balaban J connectivity index is 1.61. The number of aromatic nitrogens is 1. The van der Waals surface area contributed by atoms with E-state index in [1.54, 1.807) is 11.3 Å². The molecule has 3 nitrogen and oxygen atoms in total. The number of thiazole rings is 1. The molecule has 0 aliphatic heterocycles. The van der Waals surface area contributed by atoms with Gasteiger partial charge in [0, 0.05) is 23.9 Å². The molecule has 108 valence electrons. The third kappa shape index (κ3) is 4.86. The van der Waals surface area contributed by atoms with Gasteiger partial charge in [-0.25, -0.2) is 4.98 Å². The lowest BCUT2D eigenvalue weighted by Crippen LogP contribution is -2.22. The van der Waals surface area contributed by atoms with E-state index in [-0.39, 0.29) is 5.41 Å². The molecule has 1 aliphatic carbocycles. The van der Waals surface area contributed by atoms with E-state index in [1.807, 2.05) is 0 Å². The highest BCUT2D eigenvalue weighted by Gasteiger charge is 2.18. The quantitative estimate of drug-likeness (QED) is 0.811. The molecule has 4 heteroatoms. The van der Waals surface area contributed by atoms with Gasteiger partial charge in [-0.05, 0) is 12.8 Å². The lowest BCUT2D eigenvalue weighted by atomic mass is 9.98. The summed E-state index contributed by atoms with van der Waals surface area (Å²) in [4.78, 5) is 4.67. The predicted octanol–water partition coefficient (Wildman–Crippen LogP) is 3.49. The van der Waals surface area contributed by atoms with Crippen molar-refractivity contribution in [3.8, 4) is 0 Å². The zero-order chi connectivity index (χ0) is 13.7. The highest BCUT2D eigenvalue weighted by atomic mass is 32.1. The summed E-state index contributed by atoms with van der Waals surface area (Å²) in [7, 11) is 0. The first kappa shape index (κ1) is 14.9. The summed E-state index contributed by atoms with van der Waals surface area (Å²) in [6.45, 7) is 9.20. The summed E-state index contributed by atoms with van der Waals surface area (Å²) in [5, 5.41) is 6.78. The normalized spacial score (nSPS) is 17.2. The SMILES string of the molecule is CC(C)(C)c1nc(CNCCOC2CCCC2)cs1. The van der Waals surface area contributed by atoms with Crippen molar-refractivity contribution in [1.29, 1.82) is 0 Å². The van der Waals surface area contributed by atoms with E-state index in [0.29, 0.717) is 6.10 Å². The fraction of sp³-hybridized carbons (Fsp3) is 0.800. The van der Waals surface area contributed by atoms with Gasteiger partial charge in [0.2, 0.25) is 0 Å². The fourth-order valence-electron chi connectivity index (χ4n) is 2.30. The van der Waals surface area contributed by atoms with Crippen molar-refractivity contribution in [3.05, 3.63) is 16.1 Å². The lowest BCUT2D eigenvalue weighted by Gasteiger charge is -2.13. The van der Waals surface area contributed by atoms with Gasteiger partial charge in [-0.15, -0.1) is 11.3 Å². The molecule has 1 heterocycles. The Labute approximate surface area is 120 Å². The Morgan fingerprint density at radius 2 is 2.11 bits per heavy atom. The maximum Gasteiger partial charge on any atom is 0.0982 e. The summed E-state index contributed by atoms with van der Waals surface area (Å²) in [5.41, 5.74) is 1.31. The second-order valence-electron chi connectivity index (χ2n) is 6.35. The van der Waals surface area contributed by atoms with Gasteiger partial charge in [0.1, 0.15) is 0 Å². The minimum atomic E-state index is 0.161. The zero-order valence-electron chi connectivity index (χ0n) is 12.4. The smallest absolute Gasteiger partial charge is 0.0982 e. The van der Waals surface area contributed by atoms with Gasteiger partial charge in [-0.3, -0.25) is 0 Å². The molecule has 1 saturated carbocycles. The molecule has 0 spiro atoms. The van der Waals surface area contributed by atoms with E-state index in [2.05, 4.69) is 36.5 Å². The first-order valence-electron chi connectivity index (χ1n) is 7.33. The van der Waals surface area contributed by atoms with Gasteiger partial charge in [-0.1, -0.05) is 33.6 Å². The zero-order valence-corrected chi connectivity index (χ0v) is 13.2. The summed E-state index contributed by atoms with van der Waals surface area (Å²) in [5.74, 6) is 0. The van der Waals surface area contributed by atoms with Crippen LogP contribution in [-0.2, 0) is 16.7 Å². The van der Waals surface area contributed by atoms with Crippen LogP contribution in [0, 0.1) is 0 Å². The van der Waals surface area contributed by atoms with Gasteiger partial charge in [0.25, 0.3) is 0 Å². The molecule has 1 aliphatic rings. The second-order valence-corrected chi connectivity index (χ2v) is 7.21. The number of hydrogen-bond donors (Lipinski definition) is 1. The van der Waals surface area contributed by atoms with Crippen LogP contribution >= 0.6 is 11.3 Å². The molecule has 19 heavy (non-hydrogen) atoms. The van der Waals surface area contributed by atoms with Crippen LogP contribution in [0.5, 0.6) is 0 Å². The third-order valence-electron chi connectivity index (χ3n) is 3.43. The summed E-state index contributed by atoms with van der Waals surface area (Å²) >= 11 is 1.76. The van der Waals surface area contributed by atoms with Crippen molar-refractivity contribution in [2.24, 2.45) is 0 Å². The van der Waals surface area contributed by atoms with E-state index in [9.17, 15) is 0 Å². The minimum Gasteiger partial charge on any atom is -0.377 e. The molecule has 0 bridgehead atoms. The topological polar surface area (TPSA) is 34.2 Å². The van der Waals surface area contributed by atoms with Crippen molar-refractivity contribution < 1.29 is 4.74 Å². The summed E-state index contributed by atoms with van der Waals surface area (Å²) in [6.07, 6.45) is 5.70. The summed E-state index contributed by atoms with van der Waals surface area (Å²) in [6, 6.07) is 0. The molecule has 1 N–H and O–H groups in total. The van der Waals surface area contributed by atoms with Crippen molar-refractivity contribution in [3.63, 3.8) is 0 Å². The monoisotopic (exact) mass is 282 g/mol. The molecule has 0 unspecified atom stereocenters. The molecular formula is C15H26N2OS. The largest absolute Gasteiger partial charge is 0.377 e. The molecule has 0 atom stereocenters. The number of nitrogens with zero attached hydrogens (tertiary/aromatic N) is 1. The van der Waals surface area contributed by atoms with Crippen molar-refractivity contribution in [1.82, 2.24) is 10.3 Å². The van der Waals surface area contributed by atoms with Crippen LogP contribution in [0.1, 0.15) is 57.2 Å². The van der Waals surface area contributed by atoms with Gasteiger partial charge < -0.3 is 10.1 Å². The fourth-order valence-corrected chi connectivity index (χ4v) is 3.21. The van der Waals surface area contributed by atoms with E-state index in [0.717, 1.165) is 25.4 Å². The molecule has 1 aromatic rings. The first-order valence-corrected chi connectivity index (χ1v) is 8.21. The Kier molecular flexibility index (Phi) is 5.37. The van der Waals surface area contributed by atoms with Crippen LogP contribution in [0.4, 0.5) is 0 Å². The van der Waals surface area contributed by atoms with Crippen molar-refractivity contribution in [2.45, 2.75) is 64.5 Å². The van der Waals surface area contributed by atoms with Crippen molar-refractivity contribution >= 4 is 11.3 Å². The second kappa shape index (κ2) is 6.82. The average molecular weight is 282 g/mol. The molecule has 1 aromatic heterocycles. The lowest BCUT2D eigenvalue weighted by molar-refractivity contribution is 0.0602. The third-order valence-corrected chi connectivity index (χ3v) is 4.75. The van der Waals surface area contributed by atoms with Crippen molar-refractivity contribution in [2.75, 3.05) is 13.2 Å². The number of rotatable bonds is 6. The molecular weight excluding hydrogens is 256 g/mol. The summed E-state index contributed by atoms with van der Waals surface area (Å²) < 4.78 is 5.82.